The number of aliphatic hydroxyl groups excluding tert-OH is 1. The first-order chi connectivity index (χ1) is 11.3. The van der Waals surface area contributed by atoms with Crippen molar-refractivity contribution < 1.29 is 14.7 Å². The van der Waals surface area contributed by atoms with Crippen molar-refractivity contribution in [2.45, 2.75) is 71.8 Å². The van der Waals surface area contributed by atoms with Crippen LogP contribution >= 0.6 is 0 Å². The molecule has 4 aliphatic carbocycles. The number of hydrogen-bond donors (Lipinski definition) is 1. The van der Waals surface area contributed by atoms with E-state index in [2.05, 4.69) is 13.8 Å². The molecule has 0 aromatic carbocycles. The van der Waals surface area contributed by atoms with Crippen molar-refractivity contribution in [2.24, 2.45) is 34.5 Å². The summed E-state index contributed by atoms with van der Waals surface area (Å²) < 4.78 is 0. The topological polar surface area (TPSA) is 54.4 Å². The van der Waals surface area contributed by atoms with Crippen molar-refractivity contribution in [3.63, 3.8) is 0 Å². The second-order valence-electron chi connectivity index (χ2n) is 9.41. The van der Waals surface area contributed by atoms with Crippen LogP contribution < -0.4 is 0 Å². The highest BCUT2D eigenvalue weighted by molar-refractivity contribution is 5.91. The van der Waals surface area contributed by atoms with Gasteiger partial charge in [-0.05, 0) is 80.1 Å². The molecule has 0 aromatic heterocycles. The third kappa shape index (κ3) is 2.06. The Morgan fingerprint density at radius 2 is 1.96 bits per heavy atom. The molecular formula is C21H30O3. The molecule has 0 amide bonds. The molecule has 0 bridgehead atoms. The summed E-state index contributed by atoms with van der Waals surface area (Å²) in [7, 11) is 0. The third-order valence-electron chi connectivity index (χ3n) is 8.38. The van der Waals surface area contributed by atoms with Crippen LogP contribution in [-0.4, -0.2) is 22.8 Å². The first-order valence-corrected chi connectivity index (χ1v) is 9.70. The second-order valence-corrected chi connectivity index (χ2v) is 9.41. The van der Waals surface area contributed by atoms with Gasteiger partial charge in [0, 0.05) is 12.3 Å². The number of hydrogen-bond acceptors (Lipinski definition) is 3. The molecule has 4 rings (SSSR count). The van der Waals surface area contributed by atoms with Crippen LogP contribution in [0.4, 0.5) is 0 Å². The first-order valence-electron chi connectivity index (χ1n) is 9.70. The van der Waals surface area contributed by atoms with E-state index < -0.39 is 0 Å². The van der Waals surface area contributed by atoms with Gasteiger partial charge in [0.1, 0.15) is 5.78 Å². The van der Waals surface area contributed by atoms with E-state index in [-0.39, 0.29) is 34.6 Å². The molecule has 7 atom stereocenters. The highest BCUT2D eigenvalue weighted by Gasteiger charge is 2.62. The Morgan fingerprint density at radius 3 is 2.67 bits per heavy atom. The minimum Gasteiger partial charge on any atom is -0.393 e. The Balaban J connectivity index is 1.72. The largest absolute Gasteiger partial charge is 0.393 e. The van der Waals surface area contributed by atoms with Crippen LogP contribution in [0.2, 0.25) is 0 Å². The Kier molecular flexibility index (Phi) is 3.62. The molecule has 3 unspecified atom stereocenters. The minimum atomic E-state index is -0.349. The molecule has 132 valence electrons. The van der Waals surface area contributed by atoms with Crippen LogP contribution in [0.15, 0.2) is 11.6 Å². The van der Waals surface area contributed by atoms with Gasteiger partial charge in [-0.1, -0.05) is 19.4 Å². The van der Waals surface area contributed by atoms with Gasteiger partial charge < -0.3 is 5.11 Å². The maximum absolute atomic E-state index is 12.2. The van der Waals surface area contributed by atoms with Gasteiger partial charge in [0.2, 0.25) is 0 Å². The van der Waals surface area contributed by atoms with Gasteiger partial charge in [0.15, 0.2) is 5.78 Å². The molecule has 0 heterocycles. The summed E-state index contributed by atoms with van der Waals surface area (Å²) in [6.07, 6.45) is 7.97. The lowest BCUT2D eigenvalue weighted by atomic mass is 9.46. The van der Waals surface area contributed by atoms with E-state index in [1.165, 1.54) is 5.57 Å². The number of carbonyl (C=O) groups is 2. The summed E-state index contributed by atoms with van der Waals surface area (Å²) in [5.74, 6) is 1.99. The fourth-order valence-electron chi connectivity index (χ4n) is 7.35. The van der Waals surface area contributed by atoms with Crippen LogP contribution in [0.1, 0.15) is 65.7 Å². The van der Waals surface area contributed by atoms with Crippen molar-refractivity contribution >= 4 is 11.6 Å². The molecule has 3 saturated carbocycles. The number of aliphatic hydroxyl groups is 1. The number of ketones is 2. The molecule has 3 nitrogen and oxygen atoms in total. The van der Waals surface area contributed by atoms with Gasteiger partial charge in [-0.15, -0.1) is 0 Å². The fourth-order valence-corrected chi connectivity index (χ4v) is 7.35. The quantitative estimate of drug-likeness (QED) is 0.797. The van der Waals surface area contributed by atoms with Gasteiger partial charge in [0.05, 0.1) is 6.10 Å². The maximum Gasteiger partial charge on any atom is 0.155 e. The summed E-state index contributed by atoms with van der Waals surface area (Å²) in [6.45, 7) is 6.27. The fraction of sp³-hybridized carbons (Fsp3) is 0.810. The van der Waals surface area contributed by atoms with Crippen LogP contribution in [0, 0.1) is 34.5 Å². The lowest BCUT2D eigenvalue weighted by Gasteiger charge is -2.59. The Labute approximate surface area is 144 Å². The van der Waals surface area contributed by atoms with Gasteiger partial charge in [-0.25, -0.2) is 0 Å². The molecule has 3 fully saturated rings. The van der Waals surface area contributed by atoms with Crippen molar-refractivity contribution in [2.75, 3.05) is 0 Å². The first kappa shape index (κ1) is 16.5. The van der Waals surface area contributed by atoms with E-state index in [0.717, 1.165) is 38.5 Å². The van der Waals surface area contributed by atoms with E-state index in [0.29, 0.717) is 24.0 Å². The van der Waals surface area contributed by atoms with Gasteiger partial charge in [-0.3, -0.25) is 9.59 Å². The predicted molar refractivity (Wildman–Crippen MR) is 92.3 cm³/mol. The standard InChI is InChI=1S/C21H30O3/c1-12(22)16-6-7-17-15-5-4-13-10-14(23)8-9-20(13,2)19(15)18(24)11-21(16,17)3/h10,15-19,24H,4-9,11H2,1-3H3/t15?,16-,17?,18-,19?,20-,21+/m0/s1. The lowest BCUT2D eigenvalue weighted by molar-refractivity contribution is -0.143. The van der Waals surface area contributed by atoms with Crippen LogP contribution in [0.5, 0.6) is 0 Å². The monoisotopic (exact) mass is 330 g/mol. The molecule has 0 spiro atoms. The normalized spacial score (nSPS) is 50.6. The summed E-state index contributed by atoms with van der Waals surface area (Å²) in [4.78, 5) is 24.0. The summed E-state index contributed by atoms with van der Waals surface area (Å²) in [5.41, 5.74) is 1.23. The Morgan fingerprint density at radius 1 is 1.21 bits per heavy atom. The zero-order valence-corrected chi connectivity index (χ0v) is 15.2. The molecule has 3 heteroatoms. The smallest absolute Gasteiger partial charge is 0.155 e. The summed E-state index contributed by atoms with van der Waals surface area (Å²) in [6, 6.07) is 0. The van der Waals surface area contributed by atoms with Crippen molar-refractivity contribution in [3.8, 4) is 0 Å². The van der Waals surface area contributed by atoms with E-state index in [1.807, 2.05) is 6.08 Å². The molecule has 0 aromatic rings. The maximum atomic E-state index is 12.2. The molecule has 0 radical (unpaired) electrons. The van der Waals surface area contributed by atoms with Crippen LogP contribution in [-0.2, 0) is 9.59 Å². The second kappa shape index (κ2) is 5.27. The average molecular weight is 330 g/mol. The molecule has 4 aliphatic rings. The number of fused-ring (bicyclic) bond motifs is 5. The average Bonchev–Trinajstić information content (AvgIpc) is 2.84. The van der Waals surface area contributed by atoms with Crippen LogP contribution in [0.25, 0.3) is 0 Å². The molecular weight excluding hydrogens is 300 g/mol. The summed E-state index contributed by atoms with van der Waals surface area (Å²) >= 11 is 0. The Hall–Kier alpha value is -0.960. The van der Waals surface area contributed by atoms with E-state index in [1.54, 1.807) is 6.92 Å². The van der Waals surface area contributed by atoms with E-state index >= 15 is 0 Å². The van der Waals surface area contributed by atoms with Gasteiger partial charge in [-0.2, -0.15) is 0 Å². The highest BCUT2D eigenvalue weighted by Crippen LogP contribution is 2.66. The van der Waals surface area contributed by atoms with Gasteiger partial charge in [0.25, 0.3) is 0 Å². The number of rotatable bonds is 1. The summed E-state index contributed by atoms with van der Waals surface area (Å²) in [5, 5.41) is 11.2. The number of allylic oxidation sites excluding steroid dienone is 1. The SMILES string of the molecule is CC(=O)[C@@H]1CCC2C3CCC4=CC(=O)CC[C@]4(C)C3[C@@H](O)C[C@@]21C. The van der Waals surface area contributed by atoms with Crippen molar-refractivity contribution in [1.29, 1.82) is 0 Å². The van der Waals surface area contributed by atoms with Crippen LogP contribution in [0.3, 0.4) is 0 Å². The third-order valence-corrected chi connectivity index (χ3v) is 8.38. The van der Waals surface area contributed by atoms with E-state index in [9.17, 15) is 14.7 Å². The predicted octanol–water partition coefficient (Wildman–Crippen LogP) is 3.69. The molecule has 0 aliphatic heterocycles. The molecule has 0 saturated heterocycles. The van der Waals surface area contributed by atoms with Crippen molar-refractivity contribution in [3.05, 3.63) is 11.6 Å². The zero-order valence-electron chi connectivity index (χ0n) is 15.2. The molecule has 1 N–H and O–H groups in total. The van der Waals surface area contributed by atoms with Crippen molar-refractivity contribution in [1.82, 2.24) is 0 Å². The highest BCUT2D eigenvalue weighted by atomic mass is 16.3. The van der Waals surface area contributed by atoms with Gasteiger partial charge >= 0.3 is 0 Å². The number of carbonyl (C=O) groups excluding carboxylic acids is 2. The zero-order chi connectivity index (χ0) is 17.3. The number of Topliss-reactive ketones (excluding diaryl/α,β-unsaturated/α-hetero) is 1. The lowest BCUT2D eigenvalue weighted by Crippen LogP contribution is -2.56. The minimum absolute atomic E-state index is 0.0219. The van der Waals surface area contributed by atoms with E-state index in [4.69, 9.17) is 0 Å². The Bertz CT molecular complexity index is 621. The molecule has 24 heavy (non-hydrogen) atoms.